The van der Waals surface area contributed by atoms with Crippen LogP contribution in [-0.4, -0.2) is 19.0 Å². The Kier molecular flexibility index (Phi) is 7.23. The van der Waals surface area contributed by atoms with Crippen LogP contribution in [0.2, 0.25) is 5.02 Å². The molecule has 4 nitrogen and oxygen atoms in total. The first kappa shape index (κ1) is 17.5. The highest BCUT2D eigenvalue weighted by Gasteiger charge is 2.20. The van der Waals surface area contributed by atoms with Crippen LogP contribution < -0.4 is 5.32 Å². The number of nitrogens with one attached hydrogen (secondary N) is 1. The number of amides is 1. The molecule has 1 aromatic carbocycles. The Morgan fingerprint density at radius 3 is 2.52 bits per heavy atom. The Morgan fingerprint density at radius 1 is 1.29 bits per heavy atom. The first-order valence-corrected chi connectivity index (χ1v) is 7.42. The van der Waals surface area contributed by atoms with Crippen molar-refractivity contribution >= 4 is 23.5 Å². The second-order valence-electron chi connectivity index (χ2n) is 5.35. The fraction of sp³-hybridized carbons (Fsp3) is 0.500. The molecule has 116 valence electrons. The lowest BCUT2D eigenvalue weighted by Gasteiger charge is -2.19. The minimum atomic E-state index is -0.467. The van der Waals surface area contributed by atoms with Gasteiger partial charge in [0.2, 0.25) is 5.91 Å². The van der Waals surface area contributed by atoms with E-state index in [1.54, 1.807) is 12.1 Å². The Balaban J connectivity index is 2.80. The quantitative estimate of drug-likeness (QED) is 0.784. The number of esters is 1. The number of ether oxygens (including phenoxy) is 1. The van der Waals surface area contributed by atoms with Crippen LogP contribution in [0.4, 0.5) is 0 Å². The summed E-state index contributed by atoms with van der Waals surface area (Å²) in [6, 6.07) is 6.71. The number of hydrogen-bond acceptors (Lipinski definition) is 3. The maximum Gasteiger partial charge on any atom is 0.307 e. The molecule has 21 heavy (non-hydrogen) atoms. The van der Waals surface area contributed by atoms with Gasteiger partial charge in [0.05, 0.1) is 19.6 Å². The van der Waals surface area contributed by atoms with E-state index < -0.39 is 6.04 Å². The maximum absolute atomic E-state index is 12.0. The highest BCUT2D eigenvalue weighted by molar-refractivity contribution is 6.31. The molecular formula is C16H22ClNO3. The van der Waals surface area contributed by atoms with Gasteiger partial charge in [-0.2, -0.15) is 0 Å². The van der Waals surface area contributed by atoms with E-state index >= 15 is 0 Å². The van der Waals surface area contributed by atoms with Gasteiger partial charge in [-0.1, -0.05) is 43.6 Å². The van der Waals surface area contributed by atoms with Crippen LogP contribution in [0.3, 0.4) is 0 Å². The number of methoxy groups -OCH3 is 1. The van der Waals surface area contributed by atoms with E-state index in [0.717, 1.165) is 12.0 Å². The number of hydrogen-bond donors (Lipinski definition) is 1. The van der Waals surface area contributed by atoms with E-state index in [4.69, 9.17) is 11.6 Å². The molecule has 0 radical (unpaired) electrons. The Morgan fingerprint density at radius 2 is 1.95 bits per heavy atom. The van der Waals surface area contributed by atoms with Gasteiger partial charge in [0, 0.05) is 11.4 Å². The van der Waals surface area contributed by atoms with Crippen molar-refractivity contribution in [3.8, 4) is 0 Å². The van der Waals surface area contributed by atoms with Gasteiger partial charge >= 0.3 is 5.97 Å². The van der Waals surface area contributed by atoms with Crippen LogP contribution in [0.15, 0.2) is 24.3 Å². The van der Waals surface area contributed by atoms with Crippen molar-refractivity contribution in [2.45, 2.75) is 39.2 Å². The van der Waals surface area contributed by atoms with Gasteiger partial charge in [-0.3, -0.25) is 9.59 Å². The van der Waals surface area contributed by atoms with Crippen LogP contribution in [0.5, 0.6) is 0 Å². The molecular weight excluding hydrogens is 290 g/mol. The summed E-state index contributed by atoms with van der Waals surface area (Å²) in [6.07, 6.45) is 1.30. The van der Waals surface area contributed by atoms with Gasteiger partial charge < -0.3 is 10.1 Å². The molecule has 0 aliphatic carbocycles. The van der Waals surface area contributed by atoms with Crippen molar-refractivity contribution in [2.24, 2.45) is 5.92 Å². The molecule has 0 aliphatic heterocycles. The molecule has 0 fully saturated rings. The Bertz CT molecular complexity index is 488. The third-order valence-electron chi connectivity index (χ3n) is 3.16. The van der Waals surface area contributed by atoms with E-state index in [9.17, 15) is 9.59 Å². The molecule has 0 aliphatic rings. The lowest BCUT2D eigenvalue weighted by Crippen LogP contribution is -2.30. The predicted molar refractivity (Wildman–Crippen MR) is 83.0 cm³/mol. The van der Waals surface area contributed by atoms with Crippen LogP contribution >= 0.6 is 11.6 Å². The van der Waals surface area contributed by atoms with Gasteiger partial charge in [-0.15, -0.1) is 0 Å². The standard InChI is InChI=1S/C16H22ClNO3/c1-11(2)8-9-15(19)18-14(10-16(20)21-3)12-6-4-5-7-13(12)17/h4-7,11,14H,8-10H2,1-3H3,(H,18,19). The average Bonchev–Trinajstić information content (AvgIpc) is 2.44. The molecule has 0 spiro atoms. The van der Waals surface area contributed by atoms with E-state index in [1.165, 1.54) is 7.11 Å². The van der Waals surface area contributed by atoms with Gasteiger partial charge in [-0.05, 0) is 24.0 Å². The molecule has 1 unspecified atom stereocenters. The molecule has 1 amide bonds. The molecule has 0 saturated carbocycles. The van der Waals surface area contributed by atoms with E-state index in [2.05, 4.69) is 23.9 Å². The summed E-state index contributed by atoms with van der Waals surface area (Å²) in [4.78, 5) is 23.5. The highest BCUT2D eigenvalue weighted by Crippen LogP contribution is 2.25. The smallest absolute Gasteiger partial charge is 0.307 e. The van der Waals surface area contributed by atoms with Gasteiger partial charge in [-0.25, -0.2) is 0 Å². The van der Waals surface area contributed by atoms with E-state index in [0.29, 0.717) is 17.4 Å². The zero-order chi connectivity index (χ0) is 15.8. The second-order valence-corrected chi connectivity index (χ2v) is 5.76. The third kappa shape index (κ3) is 6.17. The lowest BCUT2D eigenvalue weighted by molar-refractivity contribution is -0.141. The van der Waals surface area contributed by atoms with Crippen LogP contribution in [0.1, 0.15) is 44.7 Å². The molecule has 0 bridgehead atoms. The van der Waals surface area contributed by atoms with Crippen LogP contribution in [-0.2, 0) is 14.3 Å². The second kappa shape index (κ2) is 8.67. The van der Waals surface area contributed by atoms with Crippen molar-refractivity contribution in [3.63, 3.8) is 0 Å². The zero-order valence-corrected chi connectivity index (χ0v) is 13.4. The predicted octanol–water partition coefficient (Wildman–Crippen LogP) is 3.50. The molecule has 1 N–H and O–H groups in total. The number of benzene rings is 1. The molecule has 0 heterocycles. The summed E-state index contributed by atoms with van der Waals surface area (Å²) in [5.41, 5.74) is 0.725. The zero-order valence-electron chi connectivity index (χ0n) is 12.7. The number of carbonyl (C=O) groups excluding carboxylic acids is 2. The lowest BCUT2D eigenvalue weighted by atomic mass is 10.0. The van der Waals surface area contributed by atoms with Crippen molar-refractivity contribution in [1.29, 1.82) is 0 Å². The Hall–Kier alpha value is -1.55. The minimum absolute atomic E-state index is 0.0631. The van der Waals surface area contributed by atoms with Crippen LogP contribution in [0.25, 0.3) is 0 Å². The number of carbonyl (C=O) groups is 2. The molecule has 1 atom stereocenters. The SMILES string of the molecule is COC(=O)CC(NC(=O)CCC(C)C)c1ccccc1Cl. The first-order valence-electron chi connectivity index (χ1n) is 7.04. The molecule has 1 aromatic rings. The monoisotopic (exact) mass is 311 g/mol. The minimum Gasteiger partial charge on any atom is -0.469 e. The first-order chi connectivity index (χ1) is 9.93. The van der Waals surface area contributed by atoms with Crippen LogP contribution in [0, 0.1) is 5.92 Å². The number of rotatable bonds is 7. The highest BCUT2D eigenvalue weighted by atomic mass is 35.5. The normalized spacial score (nSPS) is 12.0. The largest absolute Gasteiger partial charge is 0.469 e. The summed E-state index contributed by atoms with van der Waals surface area (Å²) in [7, 11) is 1.33. The van der Waals surface area contributed by atoms with Crippen molar-refractivity contribution < 1.29 is 14.3 Å². The molecule has 0 saturated heterocycles. The summed E-state index contributed by atoms with van der Waals surface area (Å²) in [5, 5.41) is 3.39. The van der Waals surface area contributed by atoms with E-state index in [-0.39, 0.29) is 18.3 Å². The van der Waals surface area contributed by atoms with Crippen molar-refractivity contribution in [3.05, 3.63) is 34.9 Å². The van der Waals surface area contributed by atoms with Crippen molar-refractivity contribution in [2.75, 3.05) is 7.11 Å². The fourth-order valence-corrected chi connectivity index (χ4v) is 2.20. The summed E-state index contributed by atoms with van der Waals surface area (Å²) in [5.74, 6) is -0.0169. The Labute approximate surface area is 130 Å². The van der Waals surface area contributed by atoms with E-state index in [1.807, 2.05) is 12.1 Å². The average molecular weight is 312 g/mol. The van der Waals surface area contributed by atoms with Gasteiger partial charge in [0.25, 0.3) is 0 Å². The molecule has 0 aromatic heterocycles. The maximum atomic E-state index is 12.0. The topological polar surface area (TPSA) is 55.4 Å². The van der Waals surface area contributed by atoms with Gasteiger partial charge in [0.15, 0.2) is 0 Å². The third-order valence-corrected chi connectivity index (χ3v) is 3.51. The fourth-order valence-electron chi connectivity index (χ4n) is 1.93. The summed E-state index contributed by atoms with van der Waals surface area (Å²) < 4.78 is 4.69. The summed E-state index contributed by atoms with van der Waals surface area (Å²) in [6.45, 7) is 4.13. The number of halogens is 1. The molecule has 5 heteroatoms. The molecule has 1 rings (SSSR count). The van der Waals surface area contributed by atoms with Gasteiger partial charge in [0.1, 0.15) is 0 Å². The van der Waals surface area contributed by atoms with Crippen molar-refractivity contribution in [1.82, 2.24) is 5.32 Å². The summed E-state index contributed by atoms with van der Waals surface area (Å²) >= 11 is 6.15.